The third-order valence-corrected chi connectivity index (χ3v) is 5.52. The van der Waals surface area contributed by atoms with E-state index in [1.165, 1.54) is 32.1 Å². The fraction of sp³-hybridized carbons (Fsp3) is 0.400. The van der Waals surface area contributed by atoms with Crippen molar-refractivity contribution in [1.29, 1.82) is 0 Å². The minimum absolute atomic E-state index is 0.120. The third kappa shape index (κ3) is 4.60. The standard InChI is InChI=1S/C20H24N2OS/c1-22(15-16-7-3-2-4-8-16)20(23)17-10-12-18(13-11-17)24-19-9-5-6-14-21-19/h5-6,9-14,16H,2-4,7-8,15H2,1H3. The molecule has 0 radical (unpaired) electrons. The lowest BCUT2D eigenvalue weighted by Gasteiger charge is -2.27. The predicted octanol–water partition coefficient (Wildman–Crippen LogP) is 4.89. The number of hydrogen-bond acceptors (Lipinski definition) is 3. The van der Waals surface area contributed by atoms with Crippen LogP contribution in [-0.4, -0.2) is 29.4 Å². The summed E-state index contributed by atoms with van der Waals surface area (Å²) in [6, 6.07) is 13.7. The zero-order chi connectivity index (χ0) is 16.8. The molecule has 3 nitrogen and oxygen atoms in total. The molecule has 1 amide bonds. The van der Waals surface area contributed by atoms with Crippen LogP contribution >= 0.6 is 11.8 Å². The molecule has 0 N–H and O–H groups in total. The van der Waals surface area contributed by atoms with Crippen LogP contribution in [0.5, 0.6) is 0 Å². The van der Waals surface area contributed by atoms with E-state index in [-0.39, 0.29) is 5.91 Å². The molecule has 1 aromatic heterocycles. The Morgan fingerprint density at radius 2 is 1.88 bits per heavy atom. The van der Waals surface area contributed by atoms with Gasteiger partial charge in [-0.1, -0.05) is 37.1 Å². The first-order chi connectivity index (χ1) is 11.7. The monoisotopic (exact) mass is 340 g/mol. The number of carbonyl (C=O) groups is 1. The summed E-state index contributed by atoms with van der Waals surface area (Å²) in [4.78, 5) is 19.9. The summed E-state index contributed by atoms with van der Waals surface area (Å²) in [6.45, 7) is 0.878. The number of amides is 1. The van der Waals surface area contributed by atoms with Crippen molar-refractivity contribution in [1.82, 2.24) is 9.88 Å². The van der Waals surface area contributed by atoms with E-state index in [0.29, 0.717) is 5.92 Å². The van der Waals surface area contributed by atoms with Crippen LogP contribution in [-0.2, 0) is 0 Å². The van der Waals surface area contributed by atoms with E-state index in [2.05, 4.69) is 4.98 Å². The average molecular weight is 340 g/mol. The largest absolute Gasteiger partial charge is 0.341 e. The summed E-state index contributed by atoms with van der Waals surface area (Å²) in [7, 11) is 1.92. The van der Waals surface area contributed by atoms with Gasteiger partial charge in [-0.2, -0.15) is 0 Å². The number of nitrogens with zero attached hydrogens (tertiary/aromatic N) is 2. The van der Waals surface area contributed by atoms with E-state index in [1.54, 1.807) is 18.0 Å². The van der Waals surface area contributed by atoms with Crippen LogP contribution in [0.15, 0.2) is 58.6 Å². The van der Waals surface area contributed by atoms with Gasteiger partial charge in [0.1, 0.15) is 5.03 Å². The maximum absolute atomic E-state index is 12.6. The second-order valence-corrected chi connectivity index (χ2v) is 7.58. The summed E-state index contributed by atoms with van der Waals surface area (Å²) in [5, 5.41) is 0.964. The summed E-state index contributed by atoms with van der Waals surface area (Å²) in [6.07, 6.45) is 8.29. The van der Waals surface area contributed by atoms with Crippen molar-refractivity contribution in [3.05, 3.63) is 54.2 Å². The Morgan fingerprint density at radius 1 is 1.12 bits per heavy atom. The van der Waals surface area contributed by atoms with E-state index in [0.717, 1.165) is 22.0 Å². The van der Waals surface area contributed by atoms with Gasteiger partial charge in [0, 0.05) is 30.2 Å². The van der Waals surface area contributed by atoms with Crippen LogP contribution in [0.4, 0.5) is 0 Å². The van der Waals surface area contributed by atoms with Crippen LogP contribution < -0.4 is 0 Å². The molecule has 4 heteroatoms. The summed E-state index contributed by atoms with van der Waals surface area (Å²) < 4.78 is 0. The number of pyridine rings is 1. The Balaban J connectivity index is 1.58. The highest BCUT2D eigenvalue weighted by Gasteiger charge is 2.19. The number of aromatic nitrogens is 1. The highest BCUT2D eigenvalue weighted by Crippen LogP contribution is 2.27. The van der Waals surface area contributed by atoms with Crippen LogP contribution in [0.3, 0.4) is 0 Å². The number of hydrogen-bond donors (Lipinski definition) is 0. The Bertz CT molecular complexity index is 651. The zero-order valence-corrected chi connectivity index (χ0v) is 15.0. The van der Waals surface area contributed by atoms with Gasteiger partial charge in [-0.15, -0.1) is 0 Å². The van der Waals surface area contributed by atoms with Gasteiger partial charge in [-0.3, -0.25) is 4.79 Å². The molecule has 2 aromatic rings. The van der Waals surface area contributed by atoms with E-state index >= 15 is 0 Å². The molecule has 126 valence electrons. The van der Waals surface area contributed by atoms with Gasteiger partial charge >= 0.3 is 0 Å². The van der Waals surface area contributed by atoms with Crippen molar-refractivity contribution in [2.45, 2.75) is 42.0 Å². The Hall–Kier alpha value is -1.81. The van der Waals surface area contributed by atoms with Crippen LogP contribution in [0, 0.1) is 5.92 Å². The molecular weight excluding hydrogens is 316 g/mol. The van der Waals surface area contributed by atoms with Gasteiger partial charge in [0.25, 0.3) is 5.91 Å². The summed E-state index contributed by atoms with van der Waals surface area (Å²) >= 11 is 1.61. The molecule has 1 aromatic carbocycles. The molecule has 0 spiro atoms. The highest BCUT2D eigenvalue weighted by atomic mass is 32.2. The molecule has 0 atom stereocenters. The predicted molar refractivity (Wildman–Crippen MR) is 98.3 cm³/mol. The number of carbonyl (C=O) groups excluding carboxylic acids is 1. The fourth-order valence-corrected chi connectivity index (χ4v) is 4.03. The van der Waals surface area contributed by atoms with E-state index < -0.39 is 0 Å². The van der Waals surface area contributed by atoms with Crippen LogP contribution in [0.2, 0.25) is 0 Å². The number of rotatable bonds is 5. The summed E-state index contributed by atoms with van der Waals surface area (Å²) in [5.41, 5.74) is 0.763. The molecule has 0 saturated heterocycles. The molecule has 0 aliphatic heterocycles. The first-order valence-corrected chi connectivity index (χ1v) is 9.48. The molecular formula is C20H24N2OS. The maximum atomic E-state index is 12.6. The van der Waals surface area contributed by atoms with Crippen molar-refractivity contribution in [2.24, 2.45) is 5.92 Å². The minimum Gasteiger partial charge on any atom is -0.341 e. The lowest BCUT2D eigenvalue weighted by Crippen LogP contribution is -2.32. The third-order valence-electron chi connectivity index (χ3n) is 4.56. The van der Waals surface area contributed by atoms with E-state index in [9.17, 15) is 4.79 Å². The van der Waals surface area contributed by atoms with Crippen molar-refractivity contribution in [3.8, 4) is 0 Å². The molecule has 0 bridgehead atoms. The van der Waals surface area contributed by atoms with Crippen LogP contribution in [0.25, 0.3) is 0 Å². The Morgan fingerprint density at radius 3 is 2.54 bits per heavy atom. The SMILES string of the molecule is CN(CC1CCCCC1)C(=O)c1ccc(Sc2ccccn2)cc1. The quantitative estimate of drug-likeness (QED) is 0.777. The van der Waals surface area contributed by atoms with E-state index in [4.69, 9.17) is 0 Å². The Kier molecular flexibility index (Phi) is 5.91. The van der Waals surface area contributed by atoms with Crippen LogP contribution in [0.1, 0.15) is 42.5 Å². The second-order valence-electron chi connectivity index (χ2n) is 6.48. The normalized spacial score (nSPS) is 15.2. The zero-order valence-electron chi connectivity index (χ0n) is 14.1. The van der Waals surface area contributed by atoms with Crippen molar-refractivity contribution in [2.75, 3.05) is 13.6 Å². The fourth-order valence-electron chi connectivity index (χ4n) is 3.25. The molecule has 1 aliphatic carbocycles. The molecule has 1 heterocycles. The van der Waals surface area contributed by atoms with Crippen molar-refractivity contribution >= 4 is 17.7 Å². The smallest absolute Gasteiger partial charge is 0.253 e. The molecule has 0 unspecified atom stereocenters. The topological polar surface area (TPSA) is 33.2 Å². The highest BCUT2D eigenvalue weighted by molar-refractivity contribution is 7.99. The lowest BCUT2D eigenvalue weighted by molar-refractivity contribution is 0.0760. The molecule has 1 fully saturated rings. The summed E-state index contributed by atoms with van der Waals surface area (Å²) in [5.74, 6) is 0.793. The van der Waals surface area contributed by atoms with Gasteiger partial charge in [-0.25, -0.2) is 4.98 Å². The van der Waals surface area contributed by atoms with Crippen molar-refractivity contribution in [3.63, 3.8) is 0 Å². The Labute approximate surface area is 148 Å². The van der Waals surface area contributed by atoms with Gasteiger partial charge in [0.15, 0.2) is 0 Å². The first kappa shape index (κ1) is 17.0. The van der Waals surface area contributed by atoms with Crippen molar-refractivity contribution < 1.29 is 4.79 Å². The second kappa shape index (κ2) is 8.34. The molecule has 24 heavy (non-hydrogen) atoms. The average Bonchev–Trinajstić information content (AvgIpc) is 2.63. The molecule has 1 saturated carbocycles. The van der Waals surface area contributed by atoms with Gasteiger partial charge in [0.2, 0.25) is 0 Å². The number of benzene rings is 1. The van der Waals surface area contributed by atoms with Gasteiger partial charge < -0.3 is 4.90 Å². The van der Waals surface area contributed by atoms with Gasteiger partial charge in [-0.05, 0) is 55.2 Å². The minimum atomic E-state index is 0.120. The molecule has 3 rings (SSSR count). The lowest BCUT2D eigenvalue weighted by atomic mass is 9.89. The van der Waals surface area contributed by atoms with E-state index in [1.807, 2.05) is 54.4 Å². The van der Waals surface area contributed by atoms with Gasteiger partial charge in [0.05, 0.1) is 0 Å². The molecule has 1 aliphatic rings. The maximum Gasteiger partial charge on any atom is 0.253 e. The first-order valence-electron chi connectivity index (χ1n) is 8.67.